The number of β-amino-alcohol motifs (C(OH)–C–C–N with tert-alkyl or cyclic N) is 1. The van der Waals surface area contributed by atoms with Crippen LogP contribution >= 0.6 is 0 Å². The zero-order valence-electron chi connectivity index (χ0n) is 10.3. The zero-order valence-corrected chi connectivity index (χ0v) is 10.3. The van der Waals surface area contributed by atoms with Gasteiger partial charge in [0.15, 0.2) is 0 Å². The third-order valence-electron chi connectivity index (χ3n) is 3.63. The van der Waals surface area contributed by atoms with E-state index in [1.165, 1.54) is 18.4 Å². The molecule has 0 atom stereocenters. The van der Waals surface area contributed by atoms with E-state index >= 15 is 0 Å². The maximum absolute atomic E-state index is 8.89. The molecule has 1 aromatic rings. The lowest BCUT2D eigenvalue weighted by Gasteiger charge is -2.31. The number of anilines is 1. The van der Waals surface area contributed by atoms with E-state index in [-0.39, 0.29) is 6.61 Å². The van der Waals surface area contributed by atoms with Crippen LogP contribution in [0.15, 0.2) is 24.3 Å². The maximum atomic E-state index is 8.89. The minimum Gasteiger partial charge on any atom is -0.399 e. The number of aliphatic hydroxyl groups is 1. The first-order chi connectivity index (χ1) is 8.28. The third kappa shape index (κ3) is 3.72. The van der Waals surface area contributed by atoms with Gasteiger partial charge in [-0.25, -0.2) is 0 Å². The van der Waals surface area contributed by atoms with Crippen LogP contribution in [0.2, 0.25) is 0 Å². The highest BCUT2D eigenvalue weighted by molar-refractivity contribution is 5.39. The topological polar surface area (TPSA) is 49.5 Å². The van der Waals surface area contributed by atoms with Crippen LogP contribution in [0.5, 0.6) is 0 Å². The lowest BCUT2D eigenvalue weighted by Crippen LogP contribution is -2.36. The van der Waals surface area contributed by atoms with Gasteiger partial charge in [0.1, 0.15) is 0 Å². The number of rotatable bonds is 4. The van der Waals surface area contributed by atoms with Gasteiger partial charge in [0.2, 0.25) is 0 Å². The molecule has 2 rings (SSSR count). The van der Waals surface area contributed by atoms with Crippen LogP contribution in [0.4, 0.5) is 5.69 Å². The van der Waals surface area contributed by atoms with E-state index in [4.69, 9.17) is 10.8 Å². The van der Waals surface area contributed by atoms with E-state index in [9.17, 15) is 0 Å². The lowest BCUT2D eigenvalue weighted by atomic mass is 9.90. The standard InChI is InChI=1S/C14H22N2O/c15-14-3-1-12(2-4-14)11-13-5-7-16(8-6-13)9-10-17/h1-4,13,17H,5-11,15H2. The van der Waals surface area contributed by atoms with Crippen molar-refractivity contribution in [3.8, 4) is 0 Å². The second-order valence-corrected chi connectivity index (χ2v) is 4.95. The first-order valence-corrected chi connectivity index (χ1v) is 6.45. The van der Waals surface area contributed by atoms with Gasteiger partial charge in [-0.05, 0) is 56.0 Å². The van der Waals surface area contributed by atoms with Gasteiger partial charge in [-0.1, -0.05) is 12.1 Å². The maximum Gasteiger partial charge on any atom is 0.0558 e. The molecule has 1 heterocycles. The van der Waals surface area contributed by atoms with Crippen LogP contribution in [0.1, 0.15) is 18.4 Å². The van der Waals surface area contributed by atoms with Gasteiger partial charge in [-0.15, -0.1) is 0 Å². The van der Waals surface area contributed by atoms with Crippen LogP contribution in [-0.4, -0.2) is 36.2 Å². The normalized spacial score (nSPS) is 18.4. The monoisotopic (exact) mass is 234 g/mol. The van der Waals surface area contributed by atoms with Crippen molar-refractivity contribution in [1.29, 1.82) is 0 Å². The van der Waals surface area contributed by atoms with E-state index < -0.39 is 0 Å². The molecule has 0 bridgehead atoms. The largest absolute Gasteiger partial charge is 0.399 e. The van der Waals surface area contributed by atoms with Gasteiger partial charge in [-0.2, -0.15) is 0 Å². The molecule has 94 valence electrons. The Morgan fingerprint density at radius 1 is 1.18 bits per heavy atom. The van der Waals surface area contributed by atoms with Crippen molar-refractivity contribution < 1.29 is 5.11 Å². The van der Waals surface area contributed by atoms with E-state index in [1.807, 2.05) is 12.1 Å². The molecular weight excluding hydrogens is 212 g/mol. The predicted molar refractivity (Wildman–Crippen MR) is 70.8 cm³/mol. The Kier molecular flexibility index (Phi) is 4.40. The summed E-state index contributed by atoms with van der Waals surface area (Å²) in [6.45, 7) is 3.36. The number of nitrogen functional groups attached to an aromatic ring is 1. The summed E-state index contributed by atoms with van der Waals surface area (Å²) < 4.78 is 0. The predicted octanol–water partition coefficient (Wildman–Crippen LogP) is 1.52. The van der Waals surface area contributed by atoms with Crippen molar-refractivity contribution in [2.45, 2.75) is 19.3 Å². The average Bonchev–Trinajstić information content (AvgIpc) is 2.35. The number of aliphatic hydroxyl groups excluding tert-OH is 1. The first-order valence-electron chi connectivity index (χ1n) is 6.45. The summed E-state index contributed by atoms with van der Waals surface area (Å²) in [5.41, 5.74) is 7.91. The average molecular weight is 234 g/mol. The zero-order chi connectivity index (χ0) is 12.1. The van der Waals surface area contributed by atoms with Crippen molar-refractivity contribution in [1.82, 2.24) is 4.90 Å². The van der Waals surface area contributed by atoms with Crippen molar-refractivity contribution in [2.75, 3.05) is 32.0 Å². The van der Waals surface area contributed by atoms with Gasteiger partial charge < -0.3 is 15.7 Å². The van der Waals surface area contributed by atoms with Crippen molar-refractivity contribution in [2.24, 2.45) is 5.92 Å². The second kappa shape index (κ2) is 6.03. The number of piperidine rings is 1. The van der Waals surface area contributed by atoms with E-state index in [1.54, 1.807) is 0 Å². The minimum atomic E-state index is 0.280. The van der Waals surface area contributed by atoms with Crippen molar-refractivity contribution in [3.63, 3.8) is 0 Å². The molecule has 0 aliphatic carbocycles. The summed E-state index contributed by atoms with van der Waals surface area (Å²) in [4.78, 5) is 2.35. The third-order valence-corrected chi connectivity index (χ3v) is 3.63. The van der Waals surface area contributed by atoms with Crippen molar-refractivity contribution >= 4 is 5.69 Å². The molecule has 0 unspecified atom stereocenters. The summed E-state index contributed by atoms with van der Waals surface area (Å²) in [5, 5.41) is 8.89. The van der Waals surface area contributed by atoms with Gasteiger partial charge in [-0.3, -0.25) is 0 Å². The molecule has 0 amide bonds. The van der Waals surface area contributed by atoms with E-state index in [2.05, 4.69) is 17.0 Å². The van der Waals surface area contributed by atoms with Gasteiger partial charge >= 0.3 is 0 Å². The molecule has 1 aliphatic heterocycles. The Hall–Kier alpha value is -1.06. The smallest absolute Gasteiger partial charge is 0.0558 e. The highest BCUT2D eigenvalue weighted by Gasteiger charge is 2.18. The molecular formula is C14H22N2O. The molecule has 3 heteroatoms. The van der Waals surface area contributed by atoms with E-state index in [0.717, 1.165) is 37.7 Å². The van der Waals surface area contributed by atoms with Gasteiger partial charge in [0.25, 0.3) is 0 Å². The molecule has 0 radical (unpaired) electrons. The van der Waals surface area contributed by atoms with Crippen LogP contribution < -0.4 is 5.73 Å². The highest BCUT2D eigenvalue weighted by atomic mass is 16.3. The molecule has 1 saturated heterocycles. The minimum absolute atomic E-state index is 0.280. The molecule has 0 aromatic heterocycles. The molecule has 1 aromatic carbocycles. The van der Waals surface area contributed by atoms with Gasteiger partial charge in [0.05, 0.1) is 6.61 Å². The van der Waals surface area contributed by atoms with Crippen molar-refractivity contribution in [3.05, 3.63) is 29.8 Å². The molecule has 0 saturated carbocycles. The molecule has 0 spiro atoms. The Morgan fingerprint density at radius 2 is 1.82 bits per heavy atom. The fourth-order valence-electron chi connectivity index (χ4n) is 2.54. The molecule has 3 N–H and O–H groups in total. The first kappa shape index (κ1) is 12.4. The quantitative estimate of drug-likeness (QED) is 0.777. The van der Waals surface area contributed by atoms with E-state index in [0.29, 0.717) is 0 Å². The number of nitrogens with zero attached hydrogens (tertiary/aromatic N) is 1. The summed E-state index contributed by atoms with van der Waals surface area (Å²) in [6.07, 6.45) is 3.64. The Balaban J connectivity index is 1.79. The van der Waals surface area contributed by atoms with Crippen LogP contribution in [0.25, 0.3) is 0 Å². The summed E-state index contributed by atoms with van der Waals surface area (Å²) in [6, 6.07) is 8.23. The Morgan fingerprint density at radius 3 is 2.41 bits per heavy atom. The highest BCUT2D eigenvalue weighted by Crippen LogP contribution is 2.21. The van der Waals surface area contributed by atoms with Crippen LogP contribution in [-0.2, 0) is 6.42 Å². The summed E-state index contributed by atoms with van der Waals surface area (Å²) >= 11 is 0. The van der Waals surface area contributed by atoms with Crippen LogP contribution in [0.3, 0.4) is 0 Å². The van der Waals surface area contributed by atoms with Crippen LogP contribution in [0, 0.1) is 5.92 Å². The second-order valence-electron chi connectivity index (χ2n) is 4.95. The number of hydrogen-bond donors (Lipinski definition) is 2. The fraction of sp³-hybridized carbons (Fsp3) is 0.571. The SMILES string of the molecule is Nc1ccc(CC2CCN(CCO)CC2)cc1. The Labute approximate surface area is 103 Å². The molecule has 1 fully saturated rings. The fourth-order valence-corrected chi connectivity index (χ4v) is 2.54. The molecule has 17 heavy (non-hydrogen) atoms. The molecule has 3 nitrogen and oxygen atoms in total. The number of nitrogens with two attached hydrogens (primary N) is 1. The molecule has 1 aliphatic rings. The number of benzene rings is 1. The summed E-state index contributed by atoms with van der Waals surface area (Å²) in [5.74, 6) is 0.786. The van der Waals surface area contributed by atoms with Gasteiger partial charge in [0, 0.05) is 12.2 Å². The number of hydrogen-bond acceptors (Lipinski definition) is 3. The lowest BCUT2D eigenvalue weighted by molar-refractivity contribution is 0.147. The Bertz CT molecular complexity index is 329. The number of likely N-dealkylation sites (tertiary alicyclic amines) is 1. The summed E-state index contributed by atoms with van der Waals surface area (Å²) in [7, 11) is 0.